The summed E-state index contributed by atoms with van der Waals surface area (Å²) in [4.78, 5) is 28.3. The molecule has 0 aliphatic carbocycles. The van der Waals surface area contributed by atoms with Crippen LogP contribution in [0.3, 0.4) is 0 Å². The van der Waals surface area contributed by atoms with Crippen molar-refractivity contribution in [3.8, 4) is 10.8 Å². The molecule has 1 amide bonds. The first-order valence-corrected chi connectivity index (χ1v) is 9.80. The van der Waals surface area contributed by atoms with Gasteiger partial charge in [0.15, 0.2) is 10.8 Å². The van der Waals surface area contributed by atoms with Gasteiger partial charge < -0.3 is 4.90 Å². The van der Waals surface area contributed by atoms with Crippen LogP contribution < -0.4 is 4.90 Å². The van der Waals surface area contributed by atoms with Gasteiger partial charge in [0.25, 0.3) is 5.91 Å². The number of thiazole rings is 1. The van der Waals surface area contributed by atoms with Gasteiger partial charge in [-0.1, -0.05) is 31.5 Å². The number of nitrogens with zero attached hydrogens (tertiary/aromatic N) is 4. The van der Waals surface area contributed by atoms with E-state index in [1.54, 1.807) is 18.5 Å². The maximum absolute atomic E-state index is 13.3. The van der Waals surface area contributed by atoms with E-state index < -0.39 is 0 Å². The summed E-state index contributed by atoms with van der Waals surface area (Å²) in [7, 11) is 0. The van der Waals surface area contributed by atoms with E-state index in [1.165, 1.54) is 16.9 Å². The predicted molar refractivity (Wildman–Crippen MR) is 103 cm³/mol. The van der Waals surface area contributed by atoms with Crippen LogP contribution in [0.25, 0.3) is 10.8 Å². The third-order valence-corrected chi connectivity index (χ3v) is 5.52. The number of carbonyl (C=O) groups is 1. The van der Waals surface area contributed by atoms with Gasteiger partial charge in [0.05, 0.1) is 0 Å². The Morgan fingerprint density at radius 1 is 1.23 bits per heavy atom. The fourth-order valence-electron chi connectivity index (χ4n) is 3.49. The lowest BCUT2D eigenvalue weighted by Gasteiger charge is -2.37. The second kappa shape index (κ2) is 7.33. The topological polar surface area (TPSA) is 59.0 Å². The fraction of sp³-hybridized carbons (Fsp3) is 0.300. The van der Waals surface area contributed by atoms with Crippen LogP contribution in [0.2, 0.25) is 0 Å². The molecule has 132 valence electrons. The van der Waals surface area contributed by atoms with Crippen molar-refractivity contribution in [2.75, 3.05) is 4.90 Å². The Kier molecular flexibility index (Phi) is 4.75. The molecule has 1 atom stereocenters. The molecule has 1 aromatic carbocycles. The summed E-state index contributed by atoms with van der Waals surface area (Å²) in [6.45, 7) is 2.16. The van der Waals surface area contributed by atoms with Crippen LogP contribution >= 0.6 is 11.3 Å². The van der Waals surface area contributed by atoms with Gasteiger partial charge in [-0.05, 0) is 37.0 Å². The molecule has 0 N–H and O–H groups in total. The molecular weight excluding hydrogens is 344 g/mol. The number of rotatable bonds is 4. The summed E-state index contributed by atoms with van der Waals surface area (Å²) in [5, 5.41) is 2.49. The first-order valence-electron chi connectivity index (χ1n) is 8.92. The number of para-hydroxylation sites is 1. The van der Waals surface area contributed by atoms with Gasteiger partial charge in [0, 0.05) is 29.5 Å². The SMILES string of the molecule is CCCC1CCc2ccccc2N1C(=O)c1csc(-c2ncccn2)n1. The number of aryl methyl sites for hydroxylation is 1. The average molecular weight is 364 g/mol. The van der Waals surface area contributed by atoms with Crippen molar-refractivity contribution in [3.63, 3.8) is 0 Å². The molecular formula is C20H20N4OS. The van der Waals surface area contributed by atoms with Crippen molar-refractivity contribution < 1.29 is 4.79 Å². The lowest BCUT2D eigenvalue weighted by Crippen LogP contribution is -2.44. The number of hydrogen-bond donors (Lipinski definition) is 0. The van der Waals surface area contributed by atoms with E-state index >= 15 is 0 Å². The van der Waals surface area contributed by atoms with Crippen molar-refractivity contribution in [1.82, 2.24) is 15.0 Å². The Hall–Kier alpha value is -2.60. The molecule has 1 aliphatic heterocycles. The number of benzene rings is 1. The maximum Gasteiger partial charge on any atom is 0.278 e. The monoisotopic (exact) mass is 364 g/mol. The molecule has 26 heavy (non-hydrogen) atoms. The predicted octanol–water partition coefficient (Wildman–Crippen LogP) is 4.36. The Morgan fingerprint density at radius 3 is 2.85 bits per heavy atom. The summed E-state index contributed by atoms with van der Waals surface area (Å²) < 4.78 is 0. The minimum Gasteiger partial charge on any atom is -0.304 e. The number of hydrogen-bond acceptors (Lipinski definition) is 5. The van der Waals surface area contributed by atoms with Gasteiger partial charge in [0.1, 0.15) is 5.69 Å². The highest BCUT2D eigenvalue weighted by Crippen LogP contribution is 2.34. The van der Waals surface area contributed by atoms with Crippen molar-refractivity contribution in [3.05, 3.63) is 59.4 Å². The lowest BCUT2D eigenvalue weighted by atomic mass is 9.93. The molecule has 0 spiro atoms. The minimum absolute atomic E-state index is 0.0333. The summed E-state index contributed by atoms with van der Waals surface area (Å²) in [6, 6.07) is 10.2. The third-order valence-electron chi connectivity index (χ3n) is 4.68. The summed E-state index contributed by atoms with van der Waals surface area (Å²) in [5.41, 5.74) is 2.72. The lowest BCUT2D eigenvalue weighted by molar-refractivity contribution is 0.0967. The Labute approximate surface area is 156 Å². The van der Waals surface area contributed by atoms with E-state index in [1.807, 2.05) is 28.5 Å². The molecule has 0 saturated carbocycles. The van der Waals surface area contributed by atoms with Crippen LogP contribution in [0.5, 0.6) is 0 Å². The van der Waals surface area contributed by atoms with Crippen molar-refractivity contribution >= 4 is 22.9 Å². The van der Waals surface area contributed by atoms with E-state index in [0.717, 1.165) is 31.4 Å². The first kappa shape index (κ1) is 16.8. The molecule has 2 aromatic heterocycles. The quantitative estimate of drug-likeness (QED) is 0.690. The van der Waals surface area contributed by atoms with E-state index in [4.69, 9.17) is 0 Å². The normalized spacial score (nSPS) is 16.3. The zero-order chi connectivity index (χ0) is 17.9. The van der Waals surface area contributed by atoms with Gasteiger partial charge in [-0.15, -0.1) is 11.3 Å². The van der Waals surface area contributed by atoms with Gasteiger partial charge in [0.2, 0.25) is 0 Å². The van der Waals surface area contributed by atoms with Gasteiger partial charge >= 0.3 is 0 Å². The van der Waals surface area contributed by atoms with Crippen molar-refractivity contribution in [2.45, 2.75) is 38.6 Å². The van der Waals surface area contributed by atoms with Crippen LogP contribution in [0.1, 0.15) is 42.2 Å². The highest BCUT2D eigenvalue weighted by Gasteiger charge is 2.32. The number of aromatic nitrogens is 3. The van der Waals surface area contributed by atoms with Crippen LogP contribution in [0, 0.1) is 0 Å². The molecule has 1 unspecified atom stereocenters. The molecule has 0 fully saturated rings. The zero-order valence-corrected chi connectivity index (χ0v) is 15.4. The zero-order valence-electron chi connectivity index (χ0n) is 14.6. The molecule has 4 rings (SSSR count). The summed E-state index contributed by atoms with van der Waals surface area (Å²) >= 11 is 1.41. The third kappa shape index (κ3) is 3.12. The molecule has 3 heterocycles. The standard InChI is InChI=1S/C20H20N4OS/c1-2-6-15-10-9-14-7-3-4-8-17(14)24(15)20(25)16-13-26-19(23-16)18-21-11-5-12-22-18/h3-5,7-8,11-13,15H,2,6,9-10H2,1H3. The number of anilines is 1. The summed E-state index contributed by atoms with van der Waals surface area (Å²) in [5.74, 6) is 0.523. The maximum atomic E-state index is 13.3. The molecule has 3 aromatic rings. The highest BCUT2D eigenvalue weighted by molar-refractivity contribution is 7.13. The number of amides is 1. The van der Waals surface area contributed by atoms with Crippen LogP contribution in [-0.2, 0) is 6.42 Å². The first-order chi connectivity index (χ1) is 12.8. The Bertz CT molecular complexity index is 909. The fourth-order valence-corrected chi connectivity index (χ4v) is 4.23. The van der Waals surface area contributed by atoms with Gasteiger partial charge in [-0.3, -0.25) is 4.79 Å². The van der Waals surface area contributed by atoms with Crippen LogP contribution in [0.15, 0.2) is 48.1 Å². The number of fused-ring (bicyclic) bond motifs is 1. The summed E-state index contributed by atoms with van der Waals surface area (Å²) in [6.07, 6.45) is 7.43. The van der Waals surface area contributed by atoms with Gasteiger partial charge in [-0.2, -0.15) is 0 Å². The Morgan fingerprint density at radius 2 is 2.04 bits per heavy atom. The molecule has 0 radical (unpaired) electrons. The highest BCUT2D eigenvalue weighted by atomic mass is 32.1. The van der Waals surface area contributed by atoms with E-state index in [-0.39, 0.29) is 11.9 Å². The Balaban J connectivity index is 1.69. The van der Waals surface area contributed by atoms with Gasteiger partial charge in [-0.25, -0.2) is 15.0 Å². The molecule has 0 bridgehead atoms. The second-order valence-corrected chi connectivity index (χ2v) is 7.25. The largest absolute Gasteiger partial charge is 0.304 e. The van der Waals surface area contributed by atoms with E-state index in [2.05, 4.69) is 27.9 Å². The minimum atomic E-state index is -0.0333. The number of carbonyl (C=O) groups excluding carboxylic acids is 1. The second-order valence-electron chi connectivity index (χ2n) is 6.40. The van der Waals surface area contributed by atoms with Crippen LogP contribution in [0.4, 0.5) is 5.69 Å². The molecule has 1 aliphatic rings. The van der Waals surface area contributed by atoms with E-state index in [0.29, 0.717) is 16.5 Å². The molecule has 0 saturated heterocycles. The van der Waals surface area contributed by atoms with Crippen LogP contribution in [-0.4, -0.2) is 26.9 Å². The average Bonchev–Trinajstić information content (AvgIpc) is 3.18. The van der Waals surface area contributed by atoms with Crippen molar-refractivity contribution in [2.24, 2.45) is 0 Å². The molecule has 5 nitrogen and oxygen atoms in total. The molecule has 6 heteroatoms. The smallest absolute Gasteiger partial charge is 0.278 e. The van der Waals surface area contributed by atoms with Crippen molar-refractivity contribution in [1.29, 1.82) is 0 Å². The van der Waals surface area contributed by atoms with E-state index in [9.17, 15) is 4.79 Å².